The molecule has 0 saturated carbocycles. The molecule has 0 unspecified atom stereocenters. The number of hydrogen-bond acceptors (Lipinski definition) is 3. The molecule has 2 rings (SSSR count). The van der Waals surface area contributed by atoms with Crippen LogP contribution < -0.4 is 5.46 Å². The number of benzene rings is 1. The lowest BCUT2D eigenvalue weighted by Gasteiger charge is -2.06. The van der Waals surface area contributed by atoms with Crippen molar-refractivity contribution in [3.05, 3.63) is 47.5 Å². The molecule has 0 spiro atoms. The Morgan fingerprint density at radius 3 is 2.65 bits per heavy atom. The molecule has 0 aliphatic rings. The molecular weight excluding hydrogens is 243 g/mol. The Morgan fingerprint density at radius 1 is 1.24 bits per heavy atom. The highest BCUT2D eigenvalue weighted by Crippen LogP contribution is 2.25. The highest BCUT2D eigenvalue weighted by molar-refractivity contribution is 6.58. The monoisotopic (exact) mass is 251 g/mol. The molecular formula is C11H8BClFNO2. The van der Waals surface area contributed by atoms with E-state index in [9.17, 15) is 4.39 Å². The lowest BCUT2D eigenvalue weighted by atomic mass is 9.80. The van der Waals surface area contributed by atoms with Crippen LogP contribution in [0, 0.1) is 5.82 Å². The van der Waals surface area contributed by atoms with E-state index in [1.54, 1.807) is 12.1 Å². The summed E-state index contributed by atoms with van der Waals surface area (Å²) in [6.45, 7) is 0. The molecule has 0 fully saturated rings. The van der Waals surface area contributed by atoms with Crippen molar-refractivity contribution in [2.45, 2.75) is 0 Å². The summed E-state index contributed by atoms with van der Waals surface area (Å²) in [4.78, 5) is 3.83. The second-order valence-electron chi connectivity index (χ2n) is 3.49. The Labute approximate surface area is 103 Å². The summed E-state index contributed by atoms with van der Waals surface area (Å²) < 4.78 is 13.1. The zero-order chi connectivity index (χ0) is 12.4. The Bertz CT molecular complexity index is 551. The number of pyridine rings is 1. The molecule has 86 valence electrons. The largest absolute Gasteiger partial charge is 0.490 e. The van der Waals surface area contributed by atoms with Crippen molar-refractivity contribution in [2.24, 2.45) is 0 Å². The van der Waals surface area contributed by atoms with Crippen molar-refractivity contribution in [1.29, 1.82) is 0 Å². The second kappa shape index (κ2) is 4.83. The Balaban J connectivity index is 2.54. The van der Waals surface area contributed by atoms with E-state index in [4.69, 9.17) is 21.6 Å². The maximum Gasteiger partial charge on any atom is 0.490 e. The maximum absolute atomic E-state index is 13.1. The van der Waals surface area contributed by atoms with Gasteiger partial charge in [0.2, 0.25) is 0 Å². The maximum atomic E-state index is 13.1. The molecule has 0 bridgehead atoms. The van der Waals surface area contributed by atoms with Gasteiger partial charge in [0.15, 0.2) is 0 Å². The Hall–Kier alpha value is -1.43. The molecule has 1 aromatic heterocycles. The van der Waals surface area contributed by atoms with Gasteiger partial charge in [0.1, 0.15) is 11.0 Å². The van der Waals surface area contributed by atoms with Gasteiger partial charge in [0.05, 0.1) is 0 Å². The van der Waals surface area contributed by atoms with Gasteiger partial charge >= 0.3 is 7.12 Å². The van der Waals surface area contributed by atoms with Crippen LogP contribution in [0.3, 0.4) is 0 Å². The van der Waals surface area contributed by atoms with Crippen LogP contribution in [0.15, 0.2) is 36.5 Å². The molecule has 2 aromatic rings. The van der Waals surface area contributed by atoms with Crippen molar-refractivity contribution in [3.63, 3.8) is 0 Å². The van der Waals surface area contributed by atoms with Gasteiger partial charge in [-0.15, -0.1) is 0 Å². The number of rotatable bonds is 2. The van der Waals surface area contributed by atoms with Gasteiger partial charge in [-0.2, -0.15) is 0 Å². The summed E-state index contributed by atoms with van der Waals surface area (Å²) in [5.74, 6) is -0.395. The molecule has 0 aliphatic carbocycles. The van der Waals surface area contributed by atoms with Gasteiger partial charge in [-0.25, -0.2) is 9.37 Å². The van der Waals surface area contributed by atoms with Crippen molar-refractivity contribution >= 4 is 24.2 Å². The van der Waals surface area contributed by atoms with E-state index >= 15 is 0 Å². The van der Waals surface area contributed by atoms with E-state index in [0.717, 1.165) is 0 Å². The third-order valence-corrected chi connectivity index (χ3v) is 2.60. The minimum absolute atomic E-state index is 0.181. The summed E-state index contributed by atoms with van der Waals surface area (Å²) in [7, 11) is -1.63. The molecule has 0 saturated heterocycles. The van der Waals surface area contributed by atoms with Gasteiger partial charge in [0, 0.05) is 17.2 Å². The Kier molecular flexibility index (Phi) is 3.42. The Morgan fingerprint density at radius 2 is 2.00 bits per heavy atom. The molecule has 0 atom stereocenters. The van der Waals surface area contributed by atoms with Gasteiger partial charge in [-0.1, -0.05) is 23.7 Å². The summed E-state index contributed by atoms with van der Waals surface area (Å²) in [5.41, 5.74) is 1.19. The van der Waals surface area contributed by atoms with E-state index < -0.39 is 12.9 Å². The molecule has 3 nitrogen and oxygen atoms in total. The highest BCUT2D eigenvalue weighted by Gasteiger charge is 2.15. The first kappa shape index (κ1) is 12.0. The lowest BCUT2D eigenvalue weighted by Crippen LogP contribution is -2.30. The van der Waals surface area contributed by atoms with Crippen LogP contribution in [0.4, 0.5) is 4.39 Å². The molecule has 0 aliphatic heterocycles. The molecule has 1 aromatic carbocycles. The predicted octanol–water partition coefficient (Wildman–Crippen LogP) is 1.22. The SMILES string of the molecule is OB(O)c1cnc(Cl)c(-c2cccc(F)c2)c1. The minimum Gasteiger partial charge on any atom is -0.423 e. The van der Waals surface area contributed by atoms with Crippen LogP contribution in [0.25, 0.3) is 11.1 Å². The van der Waals surface area contributed by atoms with Crippen LogP contribution in [0.2, 0.25) is 5.15 Å². The average Bonchev–Trinajstić information content (AvgIpc) is 2.29. The first-order chi connectivity index (χ1) is 8.08. The van der Waals surface area contributed by atoms with Gasteiger partial charge < -0.3 is 10.0 Å². The zero-order valence-corrected chi connectivity index (χ0v) is 9.39. The summed E-state index contributed by atoms with van der Waals surface area (Å²) >= 11 is 5.89. The van der Waals surface area contributed by atoms with Crippen LogP contribution in [0.5, 0.6) is 0 Å². The molecule has 17 heavy (non-hydrogen) atoms. The molecule has 0 amide bonds. The third-order valence-electron chi connectivity index (χ3n) is 2.29. The van der Waals surface area contributed by atoms with Gasteiger partial charge in [-0.3, -0.25) is 0 Å². The third kappa shape index (κ3) is 2.63. The molecule has 6 heteroatoms. The van der Waals surface area contributed by atoms with Crippen LogP contribution in [-0.4, -0.2) is 22.2 Å². The van der Waals surface area contributed by atoms with Gasteiger partial charge in [0.25, 0.3) is 0 Å². The standard InChI is InChI=1S/C11H8BClFNO2/c13-11-10(5-8(6-15-11)12(16)17)7-2-1-3-9(14)4-7/h1-6,16-17H. The fourth-order valence-corrected chi connectivity index (χ4v) is 1.68. The first-order valence-corrected chi connectivity index (χ1v) is 5.23. The second-order valence-corrected chi connectivity index (χ2v) is 3.85. The van der Waals surface area contributed by atoms with E-state index in [1.807, 2.05) is 0 Å². The van der Waals surface area contributed by atoms with Crippen LogP contribution in [-0.2, 0) is 0 Å². The summed E-state index contributed by atoms with van der Waals surface area (Å²) in [5, 5.41) is 18.3. The van der Waals surface area contributed by atoms with Crippen molar-refractivity contribution in [3.8, 4) is 11.1 Å². The van der Waals surface area contributed by atoms with E-state index in [0.29, 0.717) is 11.1 Å². The number of hydrogen-bond donors (Lipinski definition) is 2. The summed E-state index contributed by atoms with van der Waals surface area (Å²) in [6.07, 6.45) is 1.26. The van der Waals surface area contributed by atoms with Crippen LogP contribution in [0.1, 0.15) is 0 Å². The van der Waals surface area contributed by atoms with E-state index in [-0.39, 0.29) is 10.6 Å². The molecule has 0 radical (unpaired) electrons. The summed E-state index contributed by atoms with van der Waals surface area (Å²) in [6, 6.07) is 7.29. The fraction of sp³-hybridized carbons (Fsp3) is 0. The molecule has 2 N–H and O–H groups in total. The number of aromatic nitrogens is 1. The normalized spacial score (nSPS) is 10.4. The van der Waals surface area contributed by atoms with Crippen molar-refractivity contribution < 1.29 is 14.4 Å². The van der Waals surface area contributed by atoms with Crippen molar-refractivity contribution in [2.75, 3.05) is 0 Å². The predicted molar refractivity (Wildman–Crippen MR) is 64.5 cm³/mol. The average molecular weight is 251 g/mol. The topological polar surface area (TPSA) is 53.4 Å². The smallest absolute Gasteiger partial charge is 0.423 e. The minimum atomic E-state index is -1.63. The zero-order valence-electron chi connectivity index (χ0n) is 8.64. The van der Waals surface area contributed by atoms with E-state index in [2.05, 4.69) is 4.98 Å². The fourth-order valence-electron chi connectivity index (χ4n) is 1.46. The quantitative estimate of drug-likeness (QED) is 0.623. The highest BCUT2D eigenvalue weighted by atomic mass is 35.5. The first-order valence-electron chi connectivity index (χ1n) is 4.85. The number of nitrogens with zero attached hydrogens (tertiary/aromatic N) is 1. The number of halogens is 2. The lowest BCUT2D eigenvalue weighted by molar-refractivity contribution is 0.425. The van der Waals surface area contributed by atoms with Crippen LogP contribution >= 0.6 is 11.6 Å². The van der Waals surface area contributed by atoms with Crippen molar-refractivity contribution in [1.82, 2.24) is 4.98 Å². The van der Waals surface area contributed by atoms with E-state index in [1.165, 1.54) is 24.4 Å². The molecule has 1 heterocycles. The van der Waals surface area contributed by atoms with Gasteiger partial charge in [-0.05, 0) is 23.8 Å².